The Morgan fingerprint density at radius 3 is 2.86 bits per heavy atom. The first-order chi connectivity index (χ1) is 10.6. The molecule has 0 spiro atoms. The number of rotatable bonds is 4. The van der Waals surface area contributed by atoms with Gasteiger partial charge in [-0.3, -0.25) is 9.59 Å². The number of nitrogens with zero attached hydrogens (tertiary/aromatic N) is 1. The zero-order valence-electron chi connectivity index (χ0n) is 11.8. The molecule has 0 bridgehead atoms. The minimum atomic E-state index is -0.0801. The van der Waals surface area contributed by atoms with Gasteiger partial charge >= 0.3 is 0 Å². The van der Waals surface area contributed by atoms with Gasteiger partial charge in [-0.2, -0.15) is 0 Å². The van der Waals surface area contributed by atoms with E-state index in [9.17, 15) is 9.59 Å². The van der Waals surface area contributed by atoms with E-state index in [1.165, 1.54) is 0 Å². The smallest absolute Gasteiger partial charge is 0.229 e. The number of carbonyl (C=O) groups excluding carboxylic acids is 2. The molecule has 0 atom stereocenters. The van der Waals surface area contributed by atoms with Crippen LogP contribution in [0.1, 0.15) is 17.7 Å². The van der Waals surface area contributed by atoms with Gasteiger partial charge in [-0.1, -0.05) is 17.7 Å². The SMILES string of the molecule is O=C(Cc1cccs1)Nc1ccc(N2CCCC2=O)c(Cl)c1. The van der Waals surface area contributed by atoms with Gasteiger partial charge in [0, 0.05) is 23.5 Å². The number of thiophene rings is 1. The lowest BCUT2D eigenvalue weighted by Gasteiger charge is -2.18. The molecule has 1 N–H and O–H groups in total. The molecule has 6 heteroatoms. The van der Waals surface area contributed by atoms with Crippen LogP contribution >= 0.6 is 22.9 Å². The van der Waals surface area contributed by atoms with Crippen molar-refractivity contribution >= 4 is 46.1 Å². The molecule has 2 heterocycles. The van der Waals surface area contributed by atoms with Gasteiger partial charge in [-0.15, -0.1) is 11.3 Å². The fourth-order valence-electron chi connectivity index (χ4n) is 2.48. The van der Waals surface area contributed by atoms with Crippen molar-refractivity contribution in [3.8, 4) is 0 Å². The van der Waals surface area contributed by atoms with E-state index in [1.54, 1.807) is 34.4 Å². The number of anilines is 2. The molecular weight excluding hydrogens is 320 g/mol. The molecular formula is C16H15ClN2O2S. The highest BCUT2D eigenvalue weighted by Crippen LogP contribution is 2.31. The van der Waals surface area contributed by atoms with Crippen molar-refractivity contribution in [2.24, 2.45) is 0 Å². The Balaban J connectivity index is 1.69. The summed E-state index contributed by atoms with van der Waals surface area (Å²) in [6.45, 7) is 0.697. The molecule has 1 aromatic heterocycles. The van der Waals surface area contributed by atoms with Crippen LogP contribution in [0.5, 0.6) is 0 Å². The second-order valence-electron chi connectivity index (χ2n) is 5.12. The zero-order chi connectivity index (χ0) is 15.5. The van der Waals surface area contributed by atoms with Gasteiger partial charge in [-0.05, 0) is 36.1 Å². The third-order valence-corrected chi connectivity index (χ3v) is 4.69. The monoisotopic (exact) mass is 334 g/mol. The third kappa shape index (κ3) is 3.31. The summed E-state index contributed by atoms with van der Waals surface area (Å²) in [5, 5.41) is 5.25. The Kier molecular flexibility index (Phi) is 4.45. The maximum absolute atomic E-state index is 12.0. The summed E-state index contributed by atoms with van der Waals surface area (Å²) in [6, 6.07) is 9.10. The number of carbonyl (C=O) groups is 2. The van der Waals surface area contributed by atoms with Crippen molar-refractivity contribution in [1.82, 2.24) is 0 Å². The molecule has 0 unspecified atom stereocenters. The summed E-state index contributed by atoms with van der Waals surface area (Å²) >= 11 is 7.81. The molecule has 2 aromatic rings. The van der Waals surface area contributed by atoms with Gasteiger partial charge in [0.15, 0.2) is 0 Å². The van der Waals surface area contributed by atoms with Crippen molar-refractivity contribution in [3.63, 3.8) is 0 Å². The van der Waals surface area contributed by atoms with Crippen LogP contribution in [0.3, 0.4) is 0 Å². The Hall–Kier alpha value is -1.85. The average molecular weight is 335 g/mol. The second-order valence-corrected chi connectivity index (χ2v) is 6.56. The predicted molar refractivity (Wildman–Crippen MR) is 89.7 cm³/mol. The predicted octanol–water partition coefficient (Wildman–Crippen LogP) is 3.71. The van der Waals surface area contributed by atoms with Crippen molar-refractivity contribution in [3.05, 3.63) is 45.6 Å². The fraction of sp³-hybridized carbons (Fsp3) is 0.250. The molecule has 0 aliphatic carbocycles. The van der Waals surface area contributed by atoms with Gasteiger partial charge in [0.25, 0.3) is 0 Å². The number of hydrogen-bond acceptors (Lipinski definition) is 3. The van der Waals surface area contributed by atoms with Gasteiger partial charge in [0.2, 0.25) is 11.8 Å². The van der Waals surface area contributed by atoms with E-state index >= 15 is 0 Å². The van der Waals surface area contributed by atoms with E-state index in [2.05, 4.69) is 5.32 Å². The van der Waals surface area contributed by atoms with Gasteiger partial charge in [-0.25, -0.2) is 0 Å². The number of hydrogen-bond donors (Lipinski definition) is 1. The second kappa shape index (κ2) is 6.50. The maximum atomic E-state index is 12.0. The summed E-state index contributed by atoms with van der Waals surface area (Å²) in [5.74, 6) is 0.0138. The molecule has 2 amide bonds. The molecule has 114 valence electrons. The largest absolute Gasteiger partial charge is 0.326 e. The topological polar surface area (TPSA) is 49.4 Å². The summed E-state index contributed by atoms with van der Waals surface area (Å²) in [6.07, 6.45) is 1.77. The minimum absolute atomic E-state index is 0.0801. The van der Waals surface area contributed by atoms with E-state index in [4.69, 9.17) is 11.6 Å². The van der Waals surface area contributed by atoms with Crippen LogP contribution in [-0.4, -0.2) is 18.4 Å². The quantitative estimate of drug-likeness (QED) is 0.926. The van der Waals surface area contributed by atoms with Crippen molar-refractivity contribution in [2.75, 3.05) is 16.8 Å². The van der Waals surface area contributed by atoms with Crippen LogP contribution < -0.4 is 10.2 Å². The lowest BCUT2D eigenvalue weighted by molar-refractivity contribution is -0.117. The molecule has 0 radical (unpaired) electrons. The lowest BCUT2D eigenvalue weighted by Crippen LogP contribution is -2.24. The van der Waals surface area contributed by atoms with E-state index in [0.717, 1.165) is 11.3 Å². The molecule has 22 heavy (non-hydrogen) atoms. The van der Waals surface area contributed by atoms with E-state index in [0.29, 0.717) is 35.8 Å². The van der Waals surface area contributed by atoms with Gasteiger partial charge in [0.05, 0.1) is 17.1 Å². The van der Waals surface area contributed by atoms with Crippen LogP contribution in [0.4, 0.5) is 11.4 Å². The van der Waals surface area contributed by atoms with Crippen molar-refractivity contribution in [1.29, 1.82) is 0 Å². The van der Waals surface area contributed by atoms with E-state index in [-0.39, 0.29) is 11.8 Å². The van der Waals surface area contributed by atoms with Gasteiger partial charge in [0.1, 0.15) is 0 Å². The minimum Gasteiger partial charge on any atom is -0.326 e. The van der Waals surface area contributed by atoms with Crippen LogP contribution in [0.25, 0.3) is 0 Å². The summed E-state index contributed by atoms with van der Waals surface area (Å²) < 4.78 is 0. The molecule has 4 nitrogen and oxygen atoms in total. The molecule has 1 aliphatic rings. The van der Waals surface area contributed by atoms with Crippen LogP contribution in [0, 0.1) is 0 Å². The highest BCUT2D eigenvalue weighted by atomic mass is 35.5. The molecule has 1 aromatic carbocycles. The molecule has 0 saturated carbocycles. The highest BCUT2D eigenvalue weighted by Gasteiger charge is 2.23. The van der Waals surface area contributed by atoms with Crippen LogP contribution in [-0.2, 0) is 16.0 Å². The molecule has 1 fully saturated rings. The highest BCUT2D eigenvalue weighted by molar-refractivity contribution is 7.10. The Bertz CT molecular complexity index is 700. The fourth-order valence-corrected chi connectivity index (χ4v) is 3.47. The number of benzene rings is 1. The number of amides is 2. The number of halogens is 1. The standard InChI is InChI=1S/C16H15ClN2O2S/c17-13-9-11(18-15(20)10-12-3-2-8-22-12)5-6-14(13)19-7-1-4-16(19)21/h2-3,5-6,8-9H,1,4,7,10H2,(H,18,20). The summed E-state index contributed by atoms with van der Waals surface area (Å²) in [5.41, 5.74) is 1.35. The first-order valence-corrected chi connectivity index (χ1v) is 8.31. The first kappa shape index (κ1) is 15.1. The average Bonchev–Trinajstić information content (AvgIpc) is 3.11. The summed E-state index contributed by atoms with van der Waals surface area (Å²) in [4.78, 5) is 26.4. The normalized spacial score (nSPS) is 14.4. The van der Waals surface area contributed by atoms with E-state index in [1.807, 2.05) is 17.5 Å². The Labute approximate surface area is 137 Å². The van der Waals surface area contributed by atoms with Crippen molar-refractivity contribution in [2.45, 2.75) is 19.3 Å². The number of nitrogens with one attached hydrogen (secondary N) is 1. The summed E-state index contributed by atoms with van der Waals surface area (Å²) in [7, 11) is 0. The maximum Gasteiger partial charge on any atom is 0.229 e. The van der Waals surface area contributed by atoms with E-state index < -0.39 is 0 Å². The van der Waals surface area contributed by atoms with Crippen molar-refractivity contribution < 1.29 is 9.59 Å². The van der Waals surface area contributed by atoms with Gasteiger partial charge < -0.3 is 10.2 Å². The van der Waals surface area contributed by atoms with Crippen LogP contribution in [0.15, 0.2) is 35.7 Å². The zero-order valence-corrected chi connectivity index (χ0v) is 13.4. The Morgan fingerprint density at radius 2 is 2.23 bits per heavy atom. The molecule has 1 aliphatic heterocycles. The first-order valence-electron chi connectivity index (χ1n) is 7.05. The Morgan fingerprint density at radius 1 is 1.36 bits per heavy atom. The lowest BCUT2D eigenvalue weighted by atomic mass is 10.2. The molecule has 3 rings (SSSR count). The third-order valence-electron chi connectivity index (χ3n) is 3.51. The molecule has 1 saturated heterocycles. The van der Waals surface area contributed by atoms with Crippen LogP contribution in [0.2, 0.25) is 5.02 Å².